The summed E-state index contributed by atoms with van der Waals surface area (Å²) in [6, 6.07) is 0. The van der Waals surface area contributed by atoms with E-state index < -0.39 is 5.72 Å². The summed E-state index contributed by atoms with van der Waals surface area (Å²) in [5.74, 6) is -0.180. The van der Waals surface area contributed by atoms with E-state index in [1.807, 2.05) is 13.8 Å². The van der Waals surface area contributed by atoms with E-state index in [-0.39, 0.29) is 12.0 Å². The van der Waals surface area contributed by atoms with E-state index in [4.69, 9.17) is 4.74 Å². The van der Waals surface area contributed by atoms with Gasteiger partial charge in [0.15, 0.2) is 5.72 Å². The summed E-state index contributed by atoms with van der Waals surface area (Å²) in [6.07, 6.45) is 0.0404. The van der Waals surface area contributed by atoms with Crippen molar-refractivity contribution in [3.8, 4) is 0 Å². The molecule has 0 fully saturated rings. The molecule has 4 nitrogen and oxygen atoms in total. The average molecular weight is 186 g/mol. The van der Waals surface area contributed by atoms with Crippen LogP contribution in [0.1, 0.15) is 34.6 Å². The predicted molar refractivity (Wildman–Crippen MR) is 52.4 cm³/mol. The van der Waals surface area contributed by atoms with Gasteiger partial charge in [-0.05, 0) is 27.7 Å². The van der Waals surface area contributed by atoms with Gasteiger partial charge in [0, 0.05) is 13.6 Å². The van der Waals surface area contributed by atoms with Gasteiger partial charge in [-0.15, -0.1) is 0 Å². The molecular formula is C9H18N2O2. The Morgan fingerprint density at radius 3 is 2.23 bits per heavy atom. The summed E-state index contributed by atoms with van der Waals surface area (Å²) >= 11 is 0. The lowest BCUT2D eigenvalue weighted by molar-refractivity contribution is -0.174. The van der Waals surface area contributed by atoms with Gasteiger partial charge >= 0.3 is 0 Å². The molecule has 13 heavy (non-hydrogen) atoms. The molecule has 0 spiro atoms. The molecule has 0 radical (unpaired) electrons. The van der Waals surface area contributed by atoms with Crippen molar-refractivity contribution in [1.82, 2.24) is 5.01 Å². The second-order valence-corrected chi connectivity index (χ2v) is 3.59. The standard InChI is InChI=1S/C9H18N2O2/c1-7(2)13-9(4,5)11(10-6)8(3)12/h7H,6H2,1-5H3. The number of hydrogen-bond acceptors (Lipinski definition) is 3. The Hall–Kier alpha value is -0.900. The molecule has 1 amide bonds. The molecule has 0 aliphatic heterocycles. The van der Waals surface area contributed by atoms with E-state index in [9.17, 15) is 4.79 Å². The molecule has 0 aromatic heterocycles. The maximum Gasteiger partial charge on any atom is 0.242 e. The molecule has 0 N–H and O–H groups in total. The molecule has 0 aromatic rings. The first-order chi connectivity index (χ1) is 5.81. The third kappa shape index (κ3) is 3.55. The lowest BCUT2D eigenvalue weighted by Gasteiger charge is -2.34. The number of amides is 1. The lowest BCUT2D eigenvalue weighted by atomic mass is 10.2. The van der Waals surface area contributed by atoms with Gasteiger partial charge < -0.3 is 4.74 Å². The predicted octanol–water partition coefficient (Wildman–Crippen LogP) is 1.61. The fraction of sp³-hybridized carbons (Fsp3) is 0.778. The van der Waals surface area contributed by atoms with Crippen LogP contribution in [0.2, 0.25) is 0 Å². The Labute approximate surface area is 79.6 Å². The fourth-order valence-electron chi connectivity index (χ4n) is 1.28. The average Bonchev–Trinajstić information content (AvgIpc) is 1.82. The third-order valence-electron chi connectivity index (χ3n) is 1.47. The van der Waals surface area contributed by atoms with Gasteiger partial charge in [-0.1, -0.05) is 0 Å². The molecular weight excluding hydrogens is 168 g/mol. The molecule has 4 heteroatoms. The number of hydrogen-bond donors (Lipinski definition) is 0. The highest BCUT2D eigenvalue weighted by atomic mass is 16.5. The summed E-state index contributed by atoms with van der Waals surface area (Å²) in [7, 11) is 0. The molecule has 0 unspecified atom stereocenters. The third-order valence-corrected chi connectivity index (χ3v) is 1.47. The number of ether oxygens (including phenoxy) is 1. The normalized spacial score (nSPS) is 11.5. The molecule has 0 rings (SSSR count). The summed E-state index contributed by atoms with van der Waals surface area (Å²) in [5, 5.41) is 4.85. The van der Waals surface area contributed by atoms with Crippen molar-refractivity contribution in [3.05, 3.63) is 0 Å². The summed E-state index contributed by atoms with van der Waals surface area (Å²) in [6.45, 7) is 12.1. The maximum atomic E-state index is 11.1. The topological polar surface area (TPSA) is 41.9 Å². The van der Waals surface area contributed by atoms with Crippen LogP contribution in [0, 0.1) is 0 Å². The number of nitrogens with zero attached hydrogens (tertiary/aromatic N) is 2. The van der Waals surface area contributed by atoms with Gasteiger partial charge in [-0.25, -0.2) is 5.01 Å². The Bertz CT molecular complexity index is 200. The van der Waals surface area contributed by atoms with Crippen LogP contribution in [-0.2, 0) is 9.53 Å². The highest BCUT2D eigenvalue weighted by Gasteiger charge is 2.30. The molecule has 0 saturated carbocycles. The van der Waals surface area contributed by atoms with Gasteiger partial charge in [0.25, 0.3) is 0 Å². The minimum absolute atomic E-state index is 0.0404. The van der Waals surface area contributed by atoms with Crippen molar-refractivity contribution < 1.29 is 9.53 Å². The van der Waals surface area contributed by atoms with Crippen molar-refractivity contribution >= 4 is 12.6 Å². The Morgan fingerprint density at radius 1 is 1.54 bits per heavy atom. The van der Waals surface area contributed by atoms with Crippen LogP contribution >= 0.6 is 0 Å². The first-order valence-electron chi connectivity index (χ1n) is 4.26. The van der Waals surface area contributed by atoms with Crippen molar-refractivity contribution in [3.63, 3.8) is 0 Å². The quantitative estimate of drug-likeness (QED) is 0.380. The van der Waals surface area contributed by atoms with E-state index >= 15 is 0 Å². The van der Waals surface area contributed by atoms with Crippen LogP contribution in [0.15, 0.2) is 5.10 Å². The fourth-order valence-corrected chi connectivity index (χ4v) is 1.28. The minimum Gasteiger partial charge on any atom is -0.352 e. The maximum absolute atomic E-state index is 11.1. The van der Waals surface area contributed by atoms with Crippen LogP contribution in [0.5, 0.6) is 0 Å². The van der Waals surface area contributed by atoms with Gasteiger partial charge in [-0.3, -0.25) is 4.79 Å². The van der Waals surface area contributed by atoms with Crippen molar-refractivity contribution in [2.75, 3.05) is 0 Å². The van der Waals surface area contributed by atoms with E-state index in [1.54, 1.807) is 13.8 Å². The van der Waals surface area contributed by atoms with Gasteiger partial charge in [0.2, 0.25) is 5.91 Å². The van der Waals surface area contributed by atoms with Gasteiger partial charge in [-0.2, -0.15) is 5.10 Å². The Balaban J connectivity index is 4.56. The lowest BCUT2D eigenvalue weighted by Crippen LogP contribution is -2.46. The molecule has 0 aliphatic rings. The van der Waals surface area contributed by atoms with E-state index in [0.29, 0.717) is 0 Å². The SMILES string of the molecule is C=NN(C(C)=O)C(C)(C)OC(C)C. The second-order valence-electron chi connectivity index (χ2n) is 3.59. The number of rotatable bonds is 4. The van der Waals surface area contributed by atoms with Crippen molar-refractivity contribution in [2.45, 2.75) is 46.4 Å². The molecule has 0 atom stereocenters. The van der Waals surface area contributed by atoms with Crippen LogP contribution < -0.4 is 0 Å². The Kier molecular flexibility index (Phi) is 4.07. The van der Waals surface area contributed by atoms with E-state index in [1.165, 1.54) is 11.9 Å². The highest BCUT2D eigenvalue weighted by molar-refractivity contribution is 5.73. The number of carbonyl (C=O) groups is 1. The highest BCUT2D eigenvalue weighted by Crippen LogP contribution is 2.18. The summed E-state index contributed by atoms with van der Waals surface area (Å²) < 4.78 is 5.52. The monoisotopic (exact) mass is 186 g/mol. The Morgan fingerprint density at radius 2 is 2.00 bits per heavy atom. The van der Waals surface area contributed by atoms with Gasteiger partial charge in [0.1, 0.15) is 0 Å². The molecule has 76 valence electrons. The zero-order chi connectivity index (χ0) is 10.6. The van der Waals surface area contributed by atoms with Crippen LogP contribution in [0.4, 0.5) is 0 Å². The molecule has 0 aliphatic carbocycles. The smallest absolute Gasteiger partial charge is 0.242 e. The van der Waals surface area contributed by atoms with Crippen LogP contribution in [-0.4, -0.2) is 29.5 Å². The summed E-state index contributed by atoms with van der Waals surface area (Å²) in [5.41, 5.74) is -0.734. The number of carbonyl (C=O) groups excluding carboxylic acids is 1. The first-order valence-corrected chi connectivity index (χ1v) is 4.26. The zero-order valence-electron chi connectivity index (χ0n) is 9.00. The number of hydrazone groups is 1. The van der Waals surface area contributed by atoms with Gasteiger partial charge in [0.05, 0.1) is 6.10 Å². The zero-order valence-corrected chi connectivity index (χ0v) is 9.00. The summed E-state index contributed by atoms with van der Waals surface area (Å²) in [4.78, 5) is 11.1. The molecule has 0 saturated heterocycles. The minimum atomic E-state index is -0.734. The largest absolute Gasteiger partial charge is 0.352 e. The first kappa shape index (κ1) is 12.1. The van der Waals surface area contributed by atoms with Crippen molar-refractivity contribution in [2.24, 2.45) is 5.10 Å². The van der Waals surface area contributed by atoms with Crippen LogP contribution in [0.25, 0.3) is 0 Å². The molecule has 0 bridgehead atoms. The van der Waals surface area contributed by atoms with E-state index in [0.717, 1.165) is 0 Å². The molecule has 0 heterocycles. The van der Waals surface area contributed by atoms with Crippen molar-refractivity contribution in [1.29, 1.82) is 0 Å². The second kappa shape index (κ2) is 4.37. The van der Waals surface area contributed by atoms with Crippen LogP contribution in [0.3, 0.4) is 0 Å². The van der Waals surface area contributed by atoms with E-state index in [2.05, 4.69) is 11.8 Å². The molecule has 0 aromatic carbocycles.